The number of aryl methyl sites for hydroxylation is 1. The number of aromatic nitrogens is 1. The SMILES string of the molecule is CC(C)(CCc1ccccc1)Nc1cccc(F)n1. The van der Waals surface area contributed by atoms with E-state index in [0.29, 0.717) is 5.82 Å². The van der Waals surface area contributed by atoms with E-state index < -0.39 is 5.95 Å². The zero-order valence-electron chi connectivity index (χ0n) is 11.4. The number of halogens is 1. The van der Waals surface area contributed by atoms with Gasteiger partial charge in [0.2, 0.25) is 5.95 Å². The maximum absolute atomic E-state index is 13.0. The zero-order chi connectivity index (χ0) is 13.7. The van der Waals surface area contributed by atoms with Crippen LogP contribution in [-0.2, 0) is 6.42 Å². The van der Waals surface area contributed by atoms with Crippen LogP contribution in [0.1, 0.15) is 25.8 Å². The van der Waals surface area contributed by atoms with Crippen molar-refractivity contribution < 1.29 is 4.39 Å². The van der Waals surface area contributed by atoms with Crippen molar-refractivity contribution >= 4 is 5.82 Å². The van der Waals surface area contributed by atoms with E-state index in [-0.39, 0.29) is 5.54 Å². The van der Waals surface area contributed by atoms with Gasteiger partial charge in [0.05, 0.1) is 0 Å². The molecule has 0 unspecified atom stereocenters. The van der Waals surface area contributed by atoms with Crippen molar-refractivity contribution in [2.24, 2.45) is 0 Å². The molecule has 0 saturated heterocycles. The highest BCUT2D eigenvalue weighted by Crippen LogP contribution is 2.19. The Morgan fingerprint density at radius 1 is 1.05 bits per heavy atom. The third-order valence-electron chi connectivity index (χ3n) is 3.06. The second kappa shape index (κ2) is 5.83. The van der Waals surface area contributed by atoms with Crippen LogP contribution < -0.4 is 5.32 Å². The van der Waals surface area contributed by atoms with E-state index in [1.54, 1.807) is 12.1 Å². The lowest BCUT2D eigenvalue weighted by atomic mass is 9.95. The molecule has 0 spiro atoms. The standard InChI is InChI=1S/C16H19FN2/c1-16(2,12-11-13-7-4-3-5-8-13)19-15-10-6-9-14(17)18-15/h3-10H,11-12H2,1-2H3,(H,18,19). The normalized spacial score (nSPS) is 11.3. The molecule has 0 radical (unpaired) electrons. The molecule has 1 N–H and O–H groups in total. The van der Waals surface area contributed by atoms with E-state index in [1.807, 2.05) is 18.2 Å². The Labute approximate surface area is 113 Å². The number of hydrogen-bond donors (Lipinski definition) is 1. The van der Waals surface area contributed by atoms with Gasteiger partial charge in [0, 0.05) is 5.54 Å². The van der Waals surface area contributed by atoms with Crippen LogP contribution >= 0.6 is 0 Å². The van der Waals surface area contributed by atoms with Crippen LogP contribution in [0.2, 0.25) is 0 Å². The Balaban J connectivity index is 1.95. The molecule has 1 aromatic carbocycles. The first kappa shape index (κ1) is 13.5. The first-order chi connectivity index (χ1) is 9.05. The van der Waals surface area contributed by atoms with Crippen molar-refractivity contribution in [3.05, 3.63) is 60.0 Å². The summed E-state index contributed by atoms with van der Waals surface area (Å²) in [6, 6.07) is 15.2. The molecule has 0 amide bonds. The van der Waals surface area contributed by atoms with Crippen LogP contribution in [0, 0.1) is 5.95 Å². The second-order valence-corrected chi connectivity index (χ2v) is 5.34. The molecule has 0 bridgehead atoms. The topological polar surface area (TPSA) is 24.9 Å². The first-order valence-electron chi connectivity index (χ1n) is 6.50. The lowest BCUT2D eigenvalue weighted by Gasteiger charge is -2.27. The third-order valence-corrected chi connectivity index (χ3v) is 3.06. The van der Waals surface area contributed by atoms with Crippen molar-refractivity contribution in [2.45, 2.75) is 32.2 Å². The Morgan fingerprint density at radius 2 is 1.79 bits per heavy atom. The molecule has 1 heterocycles. The summed E-state index contributed by atoms with van der Waals surface area (Å²) < 4.78 is 13.0. The molecule has 2 nitrogen and oxygen atoms in total. The van der Waals surface area contributed by atoms with Gasteiger partial charge in [0.15, 0.2) is 0 Å². The molecular weight excluding hydrogens is 239 g/mol. The van der Waals surface area contributed by atoms with E-state index in [0.717, 1.165) is 12.8 Å². The summed E-state index contributed by atoms with van der Waals surface area (Å²) in [6.07, 6.45) is 1.94. The maximum atomic E-state index is 13.0. The summed E-state index contributed by atoms with van der Waals surface area (Å²) in [6.45, 7) is 4.20. The molecule has 0 aliphatic heterocycles. The molecule has 0 aliphatic carbocycles. The van der Waals surface area contributed by atoms with Crippen molar-refractivity contribution in [2.75, 3.05) is 5.32 Å². The number of anilines is 1. The van der Waals surface area contributed by atoms with Crippen molar-refractivity contribution in [1.29, 1.82) is 0 Å². The fourth-order valence-corrected chi connectivity index (χ4v) is 1.99. The van der Waals surface area contributed by atoms with Crippen molar-refractivity contribution in [1.82, 2.24) is 4.98 Å². The number of benzene rings is 1. The highest BCUT2D eigenvalue weighted by atomic mass is 19.1. The summed E-state index contributed by atoms with van der Waals surface area (Å²) in [5, 5.41) is 3.28. The minimum Gasteiger partial charge on any atom is -0.365 e. The van der Waals surface area contributed by atoms with Gasteiger partial charge in [-0.05, 0) is 44.4 Å². The van der Waals surface area contributed by atoms with Crippen LogP contribution in [0.5, 0.6) is 0 Å². The van der Waals surface area contributed by atoms with Gasteiger partial charge in [-0.15, -0.1) is 0 Å². The maximum Gasteiger partial charge on any atom is 0.214 e. The first-order valence-corrected chi connectivity index (χ1v) is 6.50. The van der Waals surface area contributed by atoms with E-state index >= 15 is 0 Å². The summed E-state index contributed by atoms with van der Waals surface area (Å²) in [5.74, 6) is 0.127. The quantitative estimate of drug-likeness (QED) is 0.819. The van der Waals surface area contributed by atoms with Gasteiger partial charge in [-0.1, -0.05) is 36.4 Å². The van der Waals surface area contributed by atoms with E-state index in [4.69, 9.17) is 0 Å². The number of pyridine rings is 1. The molecule has 0 saturated carbocycles. The number of nitrogens with zero attached hydrogens (tertiary/aromatic N) is 1. The van der Waals surface area contributed by atoms with Crippen LogP contribution in [0.4, 0.5) is 10.2 Å². The number of hydrogen-bond acceptors (Lipinski definition) is 2. The Morgan fingerprint density at radius 3 is 2.47 bits per heavy atom. The van der Waals surface area contributed by atoms with Gasteiger partial charge >= 0.3 is 0 Å². The van der Waals surface area contributed by atoms with Gasteiger partial charge in [-0.25, -0.2) is 4.98 Å². The van der Waals surface area contributed by atoms with E-state index in [2.05, 4.69) is 36.3 Å². The van der Waals surface area contributed by atoms with Gasteiger partial charge in [0.1, 0.15) is 5.82 Å². The summed E-state index contributed by atoms with van der Waals surface area (Å²) in [5.41, 5.74) is 1.18. The smallest absolute Gasteiger partial charge is 0.214 e. The second-order valence-electron chi connectivity index (χ2n) is 5.34. The monoisotopic (exact) mass is 258 g/mol. The average molecular weight is 258 g/mol. The Hall–Kier alpha value is -1.90. The molecule has 19 heavy (non-hydrogen) atoms. The number of rotatable bonds is 5. The van der Waals surface area contributed by atoms with Crippen molar-refractivity contribution in [3.63, 3.8) is 0 Å². The average Bonchev–Trinajstić information content (AvgIpc) is 2.37. The minimum absolute atomic E-state index is 0.128. The predicted octanol–water partition coefficient (Wildman–Crippen LogP) is 4.04. The highest BCUT2D eigenvalue weighted by molar-refractivity contribution is 5.36. The molecule has 1 aromatic heterocycles. The predicted molar refractivity (Wildman–Crippen MR) is 76.7 cm³/mol. The molecular formula is C16H19FN2. The van der Waals surface area contributed by atoms with Crippen LogP contribution in [0.3, 0.4) is 0 Å². The van der Waals surface area contributed by atoms with Crippen LogP contribution in [-0.4, -0.2) is 10.5 Å². The lowest BCUT2D eigenvalue weighted by Crippen LogP contribution is -2.32. The molecule has 3 heteroatoms. The molecule has 100 valence electrons. The fraction of sp³-hybridized carbons (Fsp3) is 0.312. The Bertz CT molecular complexity index is 523. The zero-order valence-corrected chi connectivity index (χ0v) is 11.4. The minimum atomic E-state index is -0.455. The molecule has 0 aliphatic rings. The summed E-state index contributed by atoms with van der Waals surface area (Å²) in [4.78, 5) is 3.84. The van der Waals surface area contributed by atoms with Gasteiger partial charge < -0.3 is 5.32 Å². The molecule has 0 atom stereocenters. The fourth-order valence-electron chi connectivity index (χ4n) is 1.99. The van der Waals surface area contributed by atoms with Crippen LogP contribution in [0.15, 0.2) is 48.5 Å². The summed E-state index contributed by atoms with van der Waals surface area (Å²) >= 11 is 0. The molecule has 0 fully saturated rings. The lowest BCUT2D eigenvalue weighted by molar-refractivity contribution is 0.512. The van der Waals surface area contributed by atoms with E-state index in [9.17, 15) is 4.39 Å². The van der Waals surface area contributed by atoms with Gasteiger partial charge in [0.25, 0.3) is 0 Å². The number of nitrogens with one attached hydrogen (secondary N) is 1. The van der Waals surface area contributed by atoms with Crippen LogP contribution in [0.25, 0.3) is 0 Å². The van der Waals surface area contributed by atoms with Gasteiger partial charge in [-0.2, -0.15) is 4.39 Å². The largest absolute Gasteiger partial charge is 0.365 e. The van der Waals surface area contributed by atoms with Crippen molar-refractivity contribution in [3.8, 4) is 0 Å². The van der Waals surface area contributed by atoms with E-state index in [1.165, 1.54) is 11.6 Å². The van der Waals surface area contributed by atoms with Gasteiger partial charge in [-0.3, -0.25) is 0 Å². The molecule has 2 aromatic rings. The third kappa shape index (κ3) is 4.36. The molecule has 2 rings (SSSR count). The highest BCUT2D eigenvalue weighted by Gasteiger charge is 2.17. The summed E-state index contributed by atoms with van der Waals surface area (Å²) in [7, 11) is 0. The Kier molecular flexibility index (Phi) is 4.15.